The number of aromatic nitrogens is 1. The second-order valence-corrected chi connectivity index (χ2v) is 5.58. The Bertz CT molecular complexity index is 391. The first kappa shape index (κ1) is 14.3. The van der Waals surface area contributed by atoms with Crippen LogP contribution in [0.5, 0.6) is 0 Å². The van der Waals surface area contributed by atoms with Crippen LogP contribution in [0.15, 0.2) is 18.3 Å². The molecule has 106 valence electrons. The Hall–Kier alpha value is -1.09. The molecule has 19 heavy (non-hydrogen) atoms. The van der Waals surface area contributed by atoms with Gasteiger partial charge in [-0.05, 0) is 51.3 Å². The lowest BCUT2D eigenvalue weighted by Crippen LogP contribution is -2.34. The first-order valence-corrected chi connectivity index (χ1v) is 7.70. The van der Waals surface area contributed by atoms with Crippen molar-refractivity contribution < 1.29 is 0 Å². The summed E-state index contributed by atoms with van der Waals surface area (Å²) in [6.45, 7) is 8.75. The monoisotopic (exact) mass is 261 g/mol. The molecule has 0 radical (unpaired) electrons. The van der Waals surface area contributed by atoms with Crippen LogP contribution in [-0.4, -0.2) is 23.6 Å². The molecule has 0 aliphatic carbocycles. The van der Waals surface area contributed by atoms with Crippen LogP contribution >= 0.6 is 0 Å². The van der Waals surface area contributed by atoms with Gasteiger partial charge in [0.05, 0.1) is 5.69 Å². The van der Waals surface area contributed by atoms with E-state index >= 15 is 0 Å². The maximum absolute atomic E-state index is 4.47. The smallest absolute Gasteiger partial charge is 0.0562 e. The van der Waals surface area contributed by atoms with E-state index in [9.17, 15) is 0 Å². The van der Waals surface area contributed by atoms with E-state index in [1.807, 2.05) is 6.20 Å². The second-order valence-electron chi connectivity index (χ2n) is 5.58. The van der Waals surface area contributed by atoms with Gasteiger partial charge in [-0.3, -0.25) is 4.98 Å². The van der Waals surface area contributed by atoms with E-state index < -0.39 is 0 Å². The largest absolute Gasteiger partial charge is 0.366 e. The molecule has 3 nitrogen and oxygen atoms in total. The summed E-state index contributed by atoms with van der Waals surface area (Å²) in [5, 5.41) is 3.42. The predicted molar refractivity (Wildman–Crippen MR) is 81.5 cm³/mol. The summed E-state index contributed by atoms with van der Waals surface area (Å²) in [7, 11) is 0. The molecule has 0 aromatic carbocycles. The van der Waals surface area contributed by atoms with Gasteiger partial charge in [-0.2, -0.15) is 0 Å². The molecular weight excluding hydrogens is 234 g/mol. The minimum absolute atomic E-state index is 0.656. The Morgan fingerprint density at radius 3 is 2.95 bits per heavy atom. The van der Waals surface area contributed by atoms with Crippen molar-refractivity contribution in [3.63, 3.8) is 0 Å². The Kier molecular flexibility index (Phi) is 5.20. The molecule has 3 heteroatoms. The average Bonchev–Trinajstić information content (AvgIpc) is 2.80. The molecular formula is C16H27N3. The molecule has 0 spiro atoms. The maximum atomic E-state index is 4.47. The van der Waals surface area contributed by atoms with Gasteiger partial charge in [0.15, 0.2) is 0 Å². The summed E-state index contributed by atoms with van der Waals surface area (Å²) in [5.74, 6) is 0. The first-order chi connectivity index (χ1) is 9.26. The lowest BCUT2D eigenvalue weighted by atomic mass is 10.1. The zero-order chi connectivity index (χ0) is 13.7. The molecule has 2 rings (SSSR count). The van der Waals surface area contributed by atoms with Crippen molar-refractivity contribution in [2.45, 2.75) is 65.1 Å². The summed E-state index contributed by atoms with van der Waals surface area (Å²) < 4.78 is 0. The fraction of sp³-hybridized carbons (Fsp3) is 0.688. The van der Waals surface area contributed by atoms with Gasteiger partial charge in [0.25, 0.3) is 0 Å². The number of nitrogens with one attached hydrogen (secondary N) is 1. The summed E-state index contributed by atoms with van der Waals surface area (Å²) >= 11 is 0. The topological polar surface area (TPSA) is 28.2 Å². The van der Waals surface area contributed by atoms with Crippen LogP contribution in [0.25, 0.3) is 0 Å². The predicted octanol–water partition coefficient (Wildman–Crippen LogP) is 3.35. The Balaban J connectivity index is 2.08. The van der Waals surface area contributed by atoms with Crippen molar-refractivity contribution in [3.8, 4) is 0 Å². The third-order valence-corrected chi connectivity index (χ3v) is 4.09. The number of rotatable bonds is 6. The molecule has 2 unspecified atom stereocenters. The lowest BCUT2D eigenvalue weighted by molar-refractivity contribution is 0.625. The minimum atomic E-state index is 0.656. The van der Waals surface area contributed by atoms with Gasteiger partial charge in [0, 0.05) is 30.5 Å². The zero-order valence-electron chi connectivity index (χ0n) is 12.5. The van der Waals surface area contributed by atoms with Gasteiger partial charge in [-0.25, -0.2) is 0 Å². The number of anilines is 1. The van der Waals surface area contributed by atoms with E-state index in [1.54, 1.807) is 0 Å². The van der Waals surface area contributed by atoms with Gasteiger partial charge >= 0.3 is 0 Å². The third kappa shape index (κ3) is 3.47. The minimum Gasteiger partial charge on any atom is -0.366 e. The van der Waals surface area contributed by atoms with Crippen molar-refractivity contribution >= 4 is 5.69 Å². The molecule has 1 aliphatic heterocycles. The van der Waals surface area contributed by atoms with Crippen LogP contribution in [0.3, 0.4) is 0 Å². The summed E-state index contributed by atoms with van der Waals surface area (Å²) in [5.41, 5.74) is 2.50. The van der Waals surface area contributed by atoms with Crippen LogP contribution in [0, 0.1) is 0 Å². The van der Waals surface area contributed by atoms with E-state index in [-0.39, 0.29) is 0 Å². The molecule has 2 heterocycles. The van der Waals surface area contributed by atoms with Crippen LogP contribution in [-0.2, 0) is 6.54 Å². The highest BCUT2D eigenvalue weighted by Gasteiger charge is 2.29. The fourth-order valence-electron chi connectivity index (χ4n) is 3.05. The third-order valence-electron chi connectivity index (χ3n) is 4.09. The molecule has 1 fully saturated rings. The molecule has 0 bridgehead atoms. The molecule has 2 atom stereocenters. The van der Waals surface area contributed by atoms with Crippen molar-refractivity contribution in [1.29, 1.82) is 0 Å². The van der Waals surface area contributed by atoms with Gasteiger partial charge in [-0.15, -0.1) is 0 Å². The van der Waals surface area contributed by atoms with Gasteiger partial charge in [-0.1, -0.05) is 13.8 Å². The second kappa shape index (κ2) is 6.90. The highest BCUT2D eigenvalue weighted by Crippen LogP contribution is 2.31. The summed E-state index contributed by atoms with van der Waals surface area (Å²) in [4.78, 5) is 7.06. The molecule has 1 aromatic heterocycles. The molecule has 1 aliphatic rings. The SMILES string of the molecule is CCCNCc1cc(N2C(C)CCC2CC)ccn1. The van der Waals surface area contributed by atoms with E-state index in [0.29, 0.717) is 12.1 Å². The number of hydrogen-bond acceptors (Lipinski definition) is 3. The lowest BCUT2D eigenvalue weighted by Gasteiger charge is -2.30. The van der Waals surface area contributed by atoms with Gasteiger partial charge in [0.1, 0.15) is 0 Å². The Labute approximate surface area is 117 Å². The van der Waals surface area contributed by atoms with E-state index in [2.05, 4.69) is 48.1 Å². The van der Waals surface area contributed by atoms with Crippen molar-refractivity contribution in [3.05, 3.63) is 24.0 Å². The normalized spacial score (nSPS) is 23.0. The van der Waals surface area contributed by atoms with Gasteiger partial charge in [0.2, 0.25) is 0 Å². The van der Waals surface area contributed by atoms with Crippen LogP contribution in [0.2, 0.25) is 0 Å². The summed E-state index contributed by atoms with van der Waals surface area (Å²) in [6.07, 6.45) is 6.99. The highest BCUT2D eigenvalue weighted by atomic mass is 15.2. The number of pyridine rings is 1. The zero-order valence-corrected chi connectivity index (χ0v) is 12.5. The molecule has 1 saturated heterocycles. The Morgan fingerprint density at radius 1 is 1.37 bits per heavy atom. The van der Waals surface area contributed by atoms with Gasteiger partial charge < -0.3 is 10.2 Å². The summed E-state index contributed by atoms with van der Waals surface area (Å²) in [6, 6.07) is 5.78. The van der Waals surface area contributed by atoms with E-state index in [4.69, 9.17) is 0 Å². The first-order valence-electron chi connectivity index (χ1n) is 7.70. The Morgan fingerprint density at radius 2 is 2.21 bits per heavy atom. The van der Waals surface area contributed by atoms with E-state index in [0.717, 1.165) is 18.8 Å². The fourth-order valence-corrected chi connectivity index (χ4v) is 3.05. The van der Waals surface area contributed by atoms with Crippen molar-refractivity contribution in [2.75, 3.05) is 11.4 Å². The molecule has 1 N–H and O–H groups in total. The van der Waals surface area contributed by atoms with Crippen molar-refractivity contribution in [1.82, 2.24) is 10.3 Å². The maximum Gasteiger partial charge on any atom is 0.0562 e. The molecule has 1 aromatic rings. The van der Waals surface area contributed by atoms with Crippen molar-refractivity contribution in [2.24, 2.45) is 0 Å². The highest BCUT2D eigenvalue weighted by molar-refractivity contribution is 5.49. The van der Waals surface area contributed by atoms with Crippen LogP contribution in [0.4, 0.5) is 5.69 Å². The molecule has 0 amide bonds. The van der Waals surface area contributed by atoms with E-state index in [1.165, 1.54) is 31.4 Å². The molecule has 0 saturated carbocycles. The number of hydrogen-bond donors (Lipinski definition) is 1. The standard InChI is InChI=1S/C16H27N3/c1-4-9-17-12-14-11-16(8-10-18-14)19-13(3)6-7-15(19)5-2/h8,10-11,13,15,17H,4-7,9,12H2,1-3H3. The van der Waals surface area contributed by atoms with Crippen LogP contribution < -0.4 is 10.2 Å². The average molecular weight is 261 g/mol. The quantitative estimate of drug-likeness (QED) is 0.796. The van der Waals surface area contributed by atoms with Crippen LogP contribution in [0.1, 0.15) is 52.1 Å². The number of nitrogens with zero attached hydrogens (tertiary/aromatic N) is 2.